The van der Waals surface area contributed by atoms with Crippen molar-refractivity contribution in [2.24, 2.45) is 5.92 Å². The molecule has 0 saturated carbocycles. The summed E-state index contributed by atoms with van der Waals surface area (Å²) in [7, 11) is 1.31. The van der Waals surface area contributed by atoms with E-state index in [1.807, 2.05) is 13.8 Å². The first-order valence-corrected chi connectivity index (χ1v) is 7.45. The van der Waals surface area contributed by atoms with Crippen molar-refractivity contribution in [3.05, 3.63) is 39.9 Å². The summed E-state index contributed by atoms with van der Waals surface area (Å²) in [6.45, 7) is 5.78. The average Bonchev–Trinajstić information content (AvgIpc) is 2.57. The Bertz CT molecular complexity index is 570. The third-order valence-electron chi connectivity index (χ3n) is 3.78. The van der Waals surface area contributed by atoms with Gasteiger partial charge in [0.25, 0.3) is 11.6 Å². The standard InChI is InChI=1S/C16H22N2O5/c1-5-12(3)17(10-11(2)16(20)23-4)15(19)13-6-8-14(9-7-13)18(21)22/h6-9,11-12H,5,10H2,1-4H3. The molecule has 1 aromatic rings. The second-order valence-electron chi connectivity index (χ2n) is 5.44. The average molecular weight is 322 g/mol. The number of nitro benzene ring substituents is 1. The molecule has 0 saturated heterocycles. The minimum atomic E-state index is -0.514. The van der Waals surface area contributed by atoms with E-state index in [1.165, 1.54) is 31.4 Å². The number of amides is 1. The van der Waals surface area contributed by atoms with E-state index >= 15 is 0 Å². The van der Waals surface area contributed by atoms with Gasteiger partial charge in [-0.05, 0) is 25.5 Å². The molecule has 1 aromatic carbocycles. The number of rotatable bonds is 7. The first-order chi connectivity index (χ1) is 10.8. The molecule has 0 aliphatic carbocycles. The second-order valence-corrected chi connectivity index (χ2v) is 5.44. The van der Waals surface area contributed by atoms with Gasteiger partial charge in [-0.3, -0.25) is 19.7 Å². The predicted molar refractivity (Wildman–Crippen MR) is 85.1 cm³/mol. The fourth-order valence-corrected chi connectivity index (χ4v) is 2.15. The fourth-order valence-electron chi connectivity index (χ4n) is 2.15. The van der Waals surface area contributed by atoms with E-state index in [-0.39, 0.29) is 30.2 Å². The van der Waals surface area contributed by atoms with E-state index in [1.54, 1.807) is 11.8 Å². The Morgan fingerprint density at radius 1 is 1.26 bits per heavy atom. The van der Waals surface area contributed by atoms with Crippen molar-refractivity contribution < 1.29 is 19.2 Å². The molecule has 0 heterocycles. The number of esters is 1. The monoisotopic (exact) mass is 322 g/mol. The quantitative estimate of drug-likeness (QED) is 0.437. The van der Waals surface area contributed by atoms with Crippen LogP contribution < -0.4 is 0 Å². The lowest BCUT2D eigenvalue weighted by Crippen LogP contribution is -2.42. The summed E-state index contributed by atoms with van der Waals surface area (Å²) >= 11 is 0. The van der Waals surface area contributed by atoms with Crippen LogP contribution in [0.25, 0.3) is 0 Å². The maximum atomic E-state index is 12.7. The van der Waals surface area contributed by atoms with Crippen LogP contribution in [0.5, 0.6) is 0 Å². The number of ether oxygens (including phenoxy) is 1. The summed E-state index contributed by atoms with van der Waals surface area (Å²) in [6.07, 6.45) is 0.729. The van der Waals surface area contributed by atoms with Crippen molar-refractivity contribution in [1.29, 1.82) is 0 Å². The number of benzene rings is 1. The van der Waals surface area contributed by atoms with Crippen LogP contribution in [0.2, 0.25) is 0 Å². The van der Waals surface area contributed by atoms with Crippen LogP contribution in [0.3, 0.4) is 0 Å². The van der Waals surface area contributed by atoms with Gasteiger partial charge in [-0.1, -0.05) is 13.8 Å². The normalized spacial score (nSPS) is 13.0. The smallest absolute Gasteiger partial charge is 0.310 e. The minimum absolute atomic E-state index is 0.0650. The van der Waals surface area contributed by atoms with Gasteiger partial charge in [0.05, 0.1) is 18.0 Å². The molecule has 0 spiro atoms. The van der Waals surface area contributed by atoms with Gasteiger partial charge in [-0.15, -0.1) is 0 Å². The Kier molecular flexibility index (Phi) is 6.68. The number of hydrogen-bond donors (Lipinski definition) is 0. The van der Waals surface area contributed by atoms with Crippen molar-refractivity contribution in [3.63, 3.8) is 0 Å². The number of non-ortho nitro benzene ring substituents is 1. The molecule has 0 aliphatic rings. The van der Waals surface area contributed by atoms with E-state index in [0.29, 0.717) is 5.56 Å². The molecular formula is C16H22N2O5. The predicted octanol–water partition coefficient (Wildman–Crippen LogP) is 2.64. The molecule has 0 bridgehead atoms. The molecule has 2 atom stereocenters. The Morgan fingerprint density at radius 2 is 1.83 bits per heavy atom. The van der Waals surface area contributed by atoms with E-state index in [4.69, 9.17) is 4.74 Å². The van der Waals surface area contributed by atoms with E-state index < -0.39 is 10.8 Å². The Labute approximate surface area is 135 Å². The zero-order chi connectivity index (χ0) is 17.6. The number of nitro groups is 1. The van der Waals surface area contributed by atoms with Crippen molar-refractivity contribution >= 4 is 17.6 Å². The summed E-state index contributed by atoms with van der Waals surface area (Å²) in [4.78, 5) is 36.0. The van der Waals surface area contributed by atoms with Gasteiger partial charge in [0.2, 0.25) is 0 Å². The van der Waals surface area contributed by atoms with Crippen molar-refractivity contribution in [3.8, 4) is 0 Å². The largest absolute Gasteiger partial charge is 0.469 e. The molecule has 126 valence electrons. The first-order valence-electron chi connectivity index (χ1n) is 7.45. The molecule has 7 nitrogen and oxygen atoms in total. The molecule has 0 N–H and O–H groups in total. The summed E-state index contributed by atoms with van der Waals surface area (Å²) in [5.74, 6) is -1.09. The number of carbonyl (C=O) groups is 2. The van der Waals surface area contributed by atoms with Gasteiger partial charge in [0, 0.05) is 30.3 Å². The van der Waals surface area contributed by atoms with Gasteiger partial charge in [-0.25, -0.2) is 0 Å². The molecule has 0 radical (unpaired) electrons. The molecule has 7 heteroatoms. The van der Waals surface area contributed by atoms with Crippen molar-refractivity contribution in [2.75, 3.05) is 13.7 Å². The fraction of sp³-hybridized carbons (Fsp3) is 0.500. The summed E-state index contributed by atoms with van der Waals surface area (Å²) < 4.78 is 4.70. The van der Waals surface area contributed by atoms with Gasteiger partial charge >= 0.3 is 5.97 Å². The Hall–Kier alpha value is -2.44. The number of carbonyl (C=O) groups excluding carboxylic acids is 2. The molecular weight excluding hydrogens is 300 g/mol. The van der Waals surface area contributed by atoms with Crippen LogP contribution >= 0.6 is 0 Å². The van der Waals surface area contributed by atoms with E-state index in [0.717, 1.165) is 6.42 Å². The van der Waals surface area contributed by atoms with E-state index in [2.05, 4.69) is 0 Å². The lowest BCUT2D eigenvalue weighted by molar-refractivity contribution is -0.384. The van der Waals surface area contributed by atoms with Crippen LogP contribution in [0.1, 0.15) is 37.6 Å². The van der Waals surface area contributed by atoms with E-state index in [9.17, 15) is 19.7 Å². The number of hydrogen-bond acceptors (Lipinski definition) is 5. The SMILES string of the molecule is CCC(C)N(CC(C)C(=O)OC)C(=O)c1ccc([N+](=O)[O-])cc1. The number of nitrogens with zero attached hydrogens (tertiary/aromatic N) is 2. The highest BCUT2D eigenvalue weighted by atomic mass is 16.6. The lowest BCUT2D eigenvalue weighted by atomic mass is 10.1. The first kappa shape index (κ1) is 18.6. The molecule has 23 heavy (non-hydrogen) atoms. The second kappa shape index (κ2) is 8.26. The Balaban J connectivity index is 2.99. The molecule has 0 aliphatic heterocycles. The third-order valence-corrected chi connectivity index (χ3v) is 3.78. The molecule has 1 amide bonds. The van der Waals surface area contributed by atoms with Gasteiger partial charge < -0.3 is 9.64 Å². The highest BCUT2D eigenvalue weighted by Gasteiger charge is 2.26. The topological polar surface area (TPSA) is 89.8 Å². The maximum absolute atomic E-state index is 12.7. The lowest BCUT2D eigenvalue weighted by Gasteiger charge is -2.30. The molecule has 1 rings (SSSR count). The van der Waals surface area contributed by atoms with Crippen molar-refractivity contribution in [2.45, 2.75) is 33.2 Å². The van der Waals surface area contributed by atoms with Gasteiger partial charge in [0.1, 0.15) is 0 Å². The maximum Gasteiger partial charge on any atom is 0.310 e. The summed E-state index contributed by atoms with van der Waals surface area (Å²) in [6, 6.07) is 5.39. The summed E-state index contributed by atoms with van der Waals surface area (Å²) in [5, 5.41) is 10.7. The van der Waals surface area contributed by atoms with Gasteiger partial charge in [0.15, 0.2) is 0 Å². The van der Waals surface area contributed by atoms with Crippen molar-refractivity contribution in [1.82, 2.24) is 4.90 Å². The third kappa shape index (κ3) is 4.77. The Morgan fingerprint density at radius 3 is 2.26 bits per heavy atom. The highest BCUT2D eigenvalue weighted by Crippen LogP contribution is 2.17. The summed E-state index contributed by atoms with van der Waals surface area (Å²) in [5.41, 5.74) is 0.285. The zero-order valence-corrected chi connectivity index (χ0v) is 13.8. The highest BCUT2D eigenvalue weighted by molar-refractivity contribution is 5.95. The van der Waals surface area contributed by atoms with Crippen LogP contribution in [-0.2, 0) is 9.53 Å². The molecule has 2 unspecified atom stereocenters. The van der Waals surface area contributed by atoms with Gasteiger partial charge in [-0.2, -0.15) is 0 Å². The minimum Gasteiger partial charge on any atom is -0.469 e. The van der Waals surface area contributed by atoms with Crippen LogP contribution in [-0.4, -0.2) is 41.4 Å². The van der Waals surface area contributed by atoms with Crippen LogP contribution in [0.4, 0.5) is 5.69 Å². The zero-order valence-electron chi connectivity index (χ0n) is 13.8. The number of methoxy groups -OCH3 is 1. The molecule has 0 fully saturated rings. The van der Waals surface area contributed by atoms with Crippen LogP contribution in [0, 0.1) is 16.0 Å². The van der Waals surface area contributed by atoms with Crippen LogP contribution in [0.15, 0.2) is 24.3 Å². The molecule has 0 aromatic heterocycles.